The lowest BCUT2D eigenvalue weighted by atomic mass is 10.0. The molecule has 1 atom stereocenters. The summed E-state index contributed by atoms with van der Waals surface area (Å²) in [7, 11) is 0. The molecule has 2 rings (SSSR count). The van der Waals surface area contributed by atoms with Gasteiger partial charge in [-0.05, 0) is 24.7 Å². The van der Waals surface area contributed by atoms with Gasteiger partial charge in [0.15, 0.2) is 5.84 Å². The third-order valence-electron chi connectivity index (χ3n) is 11.4. The van der Waals surface area contributed by atoms with Crippen molar-refractivity contribution in [1.82, 2.24) is 5.32 Å². The van der Waals surface area contributed by atoms with Crippen molar-refractivity contribution >= 4 is 11.7 Å². The van der Waals surface area contributed by atoms with E-state index in [9.17, 15) is 4.79 Å². The van der Waals surface area contributed by atoms with Gasteiger partial charge in [-0.25, -0.2) is 4.99 Å². The minimum absolute atomic E-state index is 0.237. The van der Waals surface area contributed by atoms with Crippen LogP contribution in [0.3, 0.4) is 0 Å². The first-order valence-corrected chi connectivity index (χ1v) is 22.6. The normalized spacial score (nSPS) is 16.0. The number of carbonyl (C=O) groups is 1. The highest BCUT2D eigenvalue weighted by Crippen LogP contribution is 2.24. The molecular formula is C47H86N3O+. The molecule has 1 aliphatic rings. The molecule has 1 heterocycles. The van der Waals surface area contributed by atoms with Crippen LogP contribution in [0.15, 0.2) is 35.3 Å². The first kappa shape index (κ1) is 45.5. The van der Waals surface area contributed by atoms with E-state index in [0.717, 1.165) is 61.9 Å². The largest absolute Gasteiger partial charge is 0.350 e. The van der Waals surface area contributed by atoms with Crippen LogP contribution in [0.5, 0.6) is 0 Å². The van der Waals surface area contributed by atoms with Gasteiger partial charge in [-0.2, -0.15) is 0 Å². The lowest BCUT2D eigenvalue weighted by molar-refractivity contribution is -0.849. The second kappa shape index (κ2) is 30.7. The second-order valence-electron chi connectivity index (χ2n) is 17.2. The van der Waals surface area contributed by atoms with Crippen LogP contribution in [0, 0.1) is 11.8 Å². The molecule has 1 aliphatic heterocycles. The Morgan fingerprint density at radius 1 is 0.608 bits per heavy atom. The minimum Gasteiger partial charge on any atom is -0.350 e. The molecule has 0 fully saturated rings. The summed E-state index contributed by atoms with van der Waals surface area (Å²) in [6.07, 6.45) is 37.4. The number of carbonyl (C=O) groups excluding carboxylic acids is 1. The van der Waals surface area contributed by atoms with Crippen LogP contribution in [0.4, 0.5) is 0 Å². The Bertz CT molecular complexity index is 973. The summed E-state index contributed by atoms with van der Waals surface area (Å²) in [5.74, 6) is 3.34. The maximum Gasteiger partial charge on any atom is 0.220 e. The van der Waals surface area contributed by atoms with Gasteiger partial charge < -0.3 is 5.32 Å². The highest BCUT2D eigenvalue weighted by Gasteiger charge is 2.37. The second-order valence-corrected chi connectivity index (χ2v) is 17.2. The van der Waals surface area contributed by atoms with Gasteiger partial charge in [-0.1, -0.05) is 212 Å². The zero-order valence-electron chi connectivity index (χ0n) is 34.7. The first-order valence-electron chi connectivity index (χ1n) is 22.6. The van der Waals surface area contributed by atoms with Gasteiger partial charge in [-0.15, -0.1) is 0 Å². The summed E-state index contributed by atoms with van der Waals surface area (Å²) < 4.78 is 0.930. The predicted molar refractivity (Wildman–Crippen MR) is 224 cm³/mol. The third-order valence-corrected chi connectivity index (χ3v) is 11.4. The molecular weight excluding hydrogens is 623 g/mol. The Morgan fingerprint density at radius 2 is 1.04 bits per heavy atom. The number of unbranched alkanes of at least 4 members (excludes halogenated alkanes) is 22. The van der Waals surface area contributed by atoms with Crippen LogP contribution in [0.25, 0.3) is 0 Å². The van der Waals surface area contributed by atoms with E-state index in [1.807, 2.05) is 0 Å². The predicted octanol–water partition coefficient (Wildman–Crippen LogP) is 13.8. The van der Waals surface area contributed by atoms with Crippen molar-refractivity contribution in [3.8, 4) is 0 Å². The average Bonchev–Trinajstić information content (AvgIpc) is 3.50. The van der Waals surface area contributed by atoms with Gasteiger partial charge in [0.1, 0.15) is 19.6 Å². The minimum atomic E-state index is 0.237. The monoisotopic (exact) mass is 709 g/mol. The summed E-state index contributed by atoms with van der Waals surface area (Å²) >= 11 is 0. The molecule has 0 unspecified atom stereocenters. The fourth-order valence-electron chi connectivity index (χ4n) is 8.10. The van der Waals surface area contributed by atoms with E-state index in [4.69, 9.17) is 4.99 Å². The van der Waals surface area contributed by atoms with Gasteiger partial charge in [-0.3, -0.25) is 9.28 Å². The van der Waals surface area contributed by atoms with E-state index < -0.39 is 0 Å². The average molecular weight is 709 g/mol. The van der Waals surface area contributed by atoms with Crippen molar-refractivity contribution in [2.75, 3.05) is 26.2 Å². The van der Waals surface area contributed by atoms with E-state index in [0.29, 0.717) is 6.42 Å². The van der Waals surface area contributed by atoms with E-state index in [-0.39, 0.29) is 5.91 Å². The molecule has 1 aromatic rings. The van der Waals surface area contributed by atoms with Gasteiger partial charge >= 0.3 is 0 Å². The summed E-state index contributed by atoms with van der Waals surface area (Å²) in [6.45, 7) is 14.0. The van der Waals surface area contributed by atoms with Crippen molar-refractivity contribution in [2.24, 2.45) is 16.8 Å². The summed E-state index contributed by atoms with van der Waals surface area (Å²) in [4.78, 5) is 17.9. The van der Waals surface area contributed by atoms with Crippen molar-refractivity contribution in [3.63, 3.8) is 0 Å². The highest BCUT2D eigenvalue weighted by atomic mass is 16.1. The van der Waals surface area contributed by atoms with Crippen molar-refractivity contribution in [3.05, 3.63) is 35.9 Å². The number of aliphatic imine (C=N–C) groups is 1. The lowest BCUT2D eigenvalue weighted by Crippen LogP contribution is -2.53. The molecule has 0 bridgehead atoms. The van der Waals surface area contributed by atoms with Crippen LogP contribution < -0.4 is 5.32 Å². The molecule has 0 aliphatic carbocycles. The fourth-order valence-corrected chi connectivity index (χ4v) is 8.10. The Hall–Kier alpha value is -1.68. The fraction of sp³-hybridized carbons (Fsp3) is 0.830. The lowest BCUT2D eigenvalue weighted by Gasteiger charge is -2.35. The molecule has 0 spiro atoms. The van der Waals surface area contributed by atoms with Crippen LogP contribution in [0.1, 0.15) is 213 Å². The number of amides is 1. The van der Waals surface area contributed by atoms with Gasteiger partial charge in [0, 0.05) is 18.4 Å². The molecule has 0 radical (unpaired) electrons. The van der Waals surface area contributed by atoms with E-state index in [1.165, 1.54) is 172 Å². The SMILES string of the molecule is CC(C)CCCCCCCCCCCCCCC(=O)NCC[N@@+]1(Cc2ccccc2)CCN=C1CCCCCCCCCCCCCCC(C)C. The number of hydrogen-bond donors (Lipinski definition) is 1. The quantitative estimate of drug-likeness (QED) is 0.0553. The molecule has 1 aromatic carbocycles. The van der Waals surface area contributed by atoms with E-state index in [2.05, 4.69) is 63.3 Å². The van der Waals surface area contributed by atoms with Crippen molar-refractivity contribution in [2.45, 2.75) is 214 Å². The molecule has 294 valence electrons. The zero-order chi connectivity index (χ0) is 36.7. The zero-order valence-corrected chi connectivity index (χ0v) is 34.7. The van der Waals surface area contributed by atoms with Crippen LogP contribution in [-0.2, 0) is 11.3 Å². The maximum atomic E-state index is 12.8. The Labute approximate surface area is 318 Å². The smallest absolute Gasteiger partial charge is 0.220 e. The maximum absolute atomic E-state index is 12.8. The number of benzene rings is 1. The summed E-state index contributed by atoms with van der Waals surface area (Å²) in [6, 6.07) is 10.9. The van der Waals surface area contributed by atoms with Gasteiger partial charge in [0.05, 0.1) is 13.1 Å². The third kappa shape index (κ3) is 24.3. The van der Waals surface area contributed by atoms with E-state index in [1.54, 1.807) is 0 Å². The number of nitrogens with one attached hydrogen (secondary N) is 1. The van der Waals surface area contributed by atoms with Crippen LogP contribution >= 0.6 is 0 Å². The number of quaternary nitrogens is 1. The molecule has 1 amide bonds. The Balaban J connectivity index is 1.56. The molecule has 1 N–H and O–H groups in total. The first-order chi connectivity index (χ1) is 24.9. The standard InChI is InChI=1S/C47H85N3O/c1-43(2)32-26-21-17-13-9-5-7-11-15-19-23-30-36-46-48-38-40-50(46,42-45-34-28-25-29-35-45)41-39-49-47(51)37-31-24-20-16-12-8-6-10-14-18-22-27-33-44(3)4/h25,28-29,34-35,43-44H,5-24,26-27,30-33,36-42H2,1-4H3/p+1/t50-/m1/s1. The Kier molecular flexibility index (Phi) is 27.4. The molecule has 0 saturated heterocycles. The summed E-state index contributed by atoms with van der Waals surface area (Å²) in [5, 5.41) is 3.30. The molecule has 0 saturated carbocycles. The molecule has 4 nitrogen and oxygen atoms in total. The highest BCUT2D eigenvalue weighted by molar-refractivity contribution is 5.77. The molecule has 0 aromatic heterocycles. The van der Waals surface area contributed by atoms with Gasteiger partial charge in [0.25, 0.3) is 0 Å². The van der Waals surface area contributed by atoms with Crippen molar-refractivity contribution in [1.29, 1.82) is 0 Å². The molecule has 51 heavy (non-hydrogen) atoms. The Morgan fingerprint density at radius 3 is 1.51 bits per heavy atom. The van der Waals surface area contributed by atoms with Crippen LogP contribution in [-0.4, -0.2) is 42.4 Å². The van der Waals surface area contributed by atoms with Crippen LogP contribution in [0.2, 0.25) is 0 Å². The number of hydrogen-bond acceptors (Lipinski definition) is 2. The summed E-state index contributed by atoms with van der Waals surface area (Å²) in [5.41, 5.74) is 1.38. The number of rotatable bonds is 35. The molecule has 4 heteroatoms. The topological polar surface area (TPSA) is 41.5 Å². The van der Waals surface area contributed by atoms with Gasteiger partial charge in [0.2, 0.25) is 5.91 Å². The van der Waals surface area contributed by atoms with Crippen molar-refractivity contribution < 1.29 is 9.28 Å². The van der Waals surface area contributed by atoms with E-state index >= 15 is 0 Å². The number of amidine groups is 1. The number of nitrogens with zero attached hydrogens (tertiary/aromatic N) is 2.